The van der Waals surface area contributed by atoms with E-state index in [1.165, 1.54) is 13.1 Å². The predicted molar refractivity (Wildman–Crippen MR) is 147 cm³/mol. The molecule has 2 aromatic rings. The molecular weight excluding hydrogens is 479 g/mol. The third-order valence-electron chi connectivity index (χ3n) is 5.07. The van der Waals surface area contributed by atoms with Crippen molar-refractivity contribution in [3.8, 4) is 5.75 Å². The maximum absolute atomic E-state index is 14.3. The van der Waals surface area contributed by atoms with E-state index in [9.17, 15) is 14.0 Å². The maximum Gasteiger partial charge on any atom is 0.251 e. The van der Waals surface area contributed by atoms with Crippen molar-refractivity contribution in [2.75, 3.05) is 7.05 Å². The Hall–Kier alpha value is -3.12. The SMILES string of the molecule is C/C=C\C(=C(\F)CC)c1ccc(CC(NC(=O)c2ccc(OC(C)C)c(Cl)c2)C(=O)NC)cc1.CC. The Morgan fingerprint density at radius 1 is 1.08 bits per heavy atom. The van der Waals surface area contributed by atoms with Crippen LogP contribution in [-0.4, -0.2) is 31.0 Å². The quantitative estimate of drug-likeness (QED) is 0.337. The number of benzene rings is 2. The van der Waals surface area contributed by atoms with Crippen LogP contribution >= 0.6 is 11.6 Å². The van der Waals surface area contributed by atoms with E-state index in [-0.39, 0.29) is 24.3 Å². The lowest BCUT2D eigenvalue weighted by molar-refractivity contribution is -0.122. The standard InChI is InChI=1S/C27H32ClFN2O3.C2H6/c1-6-8-21(23(29)7-2)19-11-9-18(10-12-19)15-24(27(33)30-5)31-26(32)20-13-14-25(22(28)16-20)34-17(3)4;1-2/h6,8-14,16-17,24H,7,15H2,1-5H3,(H,30,33)(H,31,32);1-2H3/b8-6-,23-21-;. The molecular formula is C29H38ClFN2O3. The average molecular weight is 517 g/mol. The number of hydrogen-bond donors (Lipinski definition) is 2. The number of amides is 2. The van der Waals surface area contributed by atoms with Crippen molar-refractivity contribution in [1.29, 1.82) is 0 Å². The molecule has 2 rings (SSSR count). The number of likely N-dealkylation sites (N-methyl/N-ethyl adjacent to an activating group) is 1. The fraction of sp³-hybridized carbons (Fsp3) is 0.379. The monoisotopic (exact) mass is 516 g/mol. The minimum atomic E-state index is -0.799. The molecule has 0 saturated carbocycles. The van der Waals surface area contributed by atoms with Gasteiger partial charge in [-0.05, 0) is 56.5 Å². The first-order chi connectivity index (χ1) is 17.2. The van der Waals surface area contributed by atoms with Gasteiger partial charge in [-0.1, -0.05) is 68.8 Å². The van der Waals surface area contributed by atoms with E-state index in [4.69, 9.17) is 16.3 Å². The molecule has 0 aliphatic carbocycles. The molecule has 0 spiro atoms. The van der Waals surface area contributed by atoms with Crippen LogP contribution in [0.5, 0.6) is 5.75 Å². The van der Waals surface area contributed by atoms with Crippen molar-refractivity contribution in [3.05, 3.63) is 82.2 Å². The molecule has 2 N–H and O–H groups in total. The topological polar surface area (TPSA) is 67.4 Å². The number of carbonyl (C=O) groups is 2. The van der Waals surface area contributed by atoms with Crippen LogP contribution in [-0.2, 0) is 11.2 Å². The van der Waals surface area contributed by atoms with Gasteiger partial charge in [0.15, 0.2) is 0 Å². The molecule has 36 heavy (non-hydrogen) atoms. The number of rotatable bonds is 10. The van der Waals surface area contributed by atoms with E-state index in [1.54, 1.807) is 31.2 Å². The Balaban J connectivity index is 0.00000316. The van der Waals surface area contributed by atoms with Gasteiger partial charge in [0.05, 0.1) is 11.1 Å². The summed E-state index contributed by atoms with van der Waals surface area (Å²) in [6, 6.07) is 11.2. The van der Waals surface area contributed by atoms with Gasteiger partial charge in [0.2, 0.25) is 5.91 Å². The van der Waals surface area contributed by atoms with Crippen LogP contribution in [0.4, 0.5) is 4.39 Å². The van der Waals surface area contributed by atoms with E-state index < -0.39 is 11.9 Å². The molecule has 0 aromatic heterocycles. The Bertz CT molecular complexity index is 1060. The molecule has 0 bridgehead atoms. The van der Waals surface area contributed by atoms with E-state index in [1.807, 2.05) is 58.9 Å². The number of carbonyl (C=O) groups excluding carboxylic acids is 2. The second-order valence-corrected chi connectivity index (χ2v) is 8.43. The van der Waals surface area contributed by atoms with E-state index in [0.29, 0.717) is 28.3 Å². The summed E-state index contributed by atoms with van der Waals surface area (Å²) < 4.78 is 19.9. The third-order valence-corrected chi connectivity index (χ3v) is 5.36. The van der Waals surface area contributed by atoms with Crippen molar-refractivity contribution in [2.24, 2.45) is 0 Å². The Kier molecular flexibility index (Phi) is 13.6. The maximum atomic E-state index is 14.3. The van der Waals surface area contributed by atoms with Crippen molar-refractivity contribution >= 4 is 29.0 Å². The third kappa shape index (κ3) is 9.15. The second-order valence-electron chi connectivity index (χ2n) is 8.03. The van der Waals surface area contributed by atoms with E-state index >= 15 is 0 Å². The summed E-state index contributed by atoms with van der Waals surface area (Å²) in [5, 5.41) is 5.68. The zero-order valence-corrected chi connectivity index (χ0v) is 23.0. The number of allylic oxidation sites excluding steroid dienone is 4. The number of halogens is 2. The van der Waals surface area contributed by atoms with Crippen LogP contribution in [0.3, 0.4) is 0 Å². The molecule has 0 saturated heterocycles. The van der Waals surface area contributed by atoms with Gasteiger partial charge in [-0.3, -0.25) is 9.59 Å². The van der Waals surface area contributed by atoms with Gasteiger partial charge in [0.1, 0.15) is 17.6 Å². The number of ether oxygens (including phenoxy) is 1. The molecule has 1 unspecified atom stereocenters. The molecule has 0 heterocycles. The van der Waals surface area contributed by atoms with Crippen molar-refractivity contribution in [2.45, 2.75) is 66.5 Å². The lowest BCUT2D eigenvalue weighted by Crippen LogP contribution is -2.47. The molecule has 0 aliphatic heterocycles. The van der Waals surface area contributed by atoms with Gasteiger partial charge in [0, 0.05) is 24.6 Å². The fourth-order valence-corrected chi connectivity index (χ4v) is 3.60. The largest absolute Gasteiger partial charge is 0.489 e. The van der Waals surface area contributed by atoms with Crippen molar-refractivity contribution < 1.29 is 18.7 Å². The minimum absolute atomic E-state index is 0.0516. The van der Waals surface area contributed by atoms with E-state index in [0.717, 1.165) is 11.1 Å². The highest BCUT2D eigenvalue weighted by molar-refractivity contribution is 6.32. The lowest BCUT2D eigenvalue weighted by Gasteiger charge is -2.18. The first-order valence-electron chi connectivity index (χ1n) is 12.3. The summed E-state index contributed by atoms with van der Waals surface area (Å²) in [5.74, 6) is -0.451. The van der Waals surface area contributed by atoms with Gasteiger partial charge in [0.25, 0.3) is 5.91 Å². The van der Waals surface area contributed by atoms with E-state index in [2.05, 4.69) is 10.6 Å². The van der Waals surface area contributed by atoms with Gasteiger partial charge < -0.3 is 15.4 Å². The smallest absolute Gasteiger partial charge is 0.251 e. The lowest BCUT2D eigenvalue weighted by atomic mass is 9.98. The normalized spacial score (nSPS) is 12.4. The number of nitrogens with one attached hydrogen (secondary N) is 2. The van der Waals surface area contributed by atoms with Gasteiger partial charge in [-0.2, -0.15) is 0 Å². The Labute approximate surface area is 219 Å². The van der Waals surface area contributed by atoms with Crippen LogP contribution in [0.15, 0.2) is 60.4 Å². The van der Waals surface area contributed by atoms with Crippen molar-refractivity contribution in [3.63, 3.8) is 0 Å². The van der Waals surface area contributed by atoms with Crippen molar-refractivity contribution in [1.82, 2.24) is 10.6 Å². The van der Waals surface area contributed by atoms with Crippen LogP contribution in [0.25, 0.3) is 5.57 Å². The summed E-state index contributed by atoms with van der Waals surface area (Å²) in [4.78, 5) is 25.3. The highest BCUT2D eigenvalue weighted by atomic mass is 35.5. The van der Waals surface area contributed by atoms with Crippen LogP contribution in [0, 0.1) is 0 Å². The predicted octanol–water partition coefficient (Wildman–Crippen LogP) is 6.91. The minimum Gasteiger partial charge on any atom is -0.489 e. The molecule has 5 nitrogen and oxygen atoms in total. The van der Waals surface area contributed by atoms with Crippen LogP contribution in [0.1, 0.15) is 69.4 Å². The zero-order valence-electron chi connectivity index (χ0n) is 22.2. The first kappa shape index (κ1) is 30.9. The zero-order chi connectivity index (χ0) is 27.3. The summed E-state index contributed by atoms with van der Waals surface area (Å²) in [6.07, 6.45) is 4.06. The molecule has 2 aromatic carbocycles. The highest BCUT2D eigenvalue weighted by Gasteiger charge is 2.22. The summed E-state index contributed by atoms with van der Waals surface area (Å²) in [6.45, 7) is 11.4. The summed E-state index contributed by atoms with van der Waals surface area (Å²) >= 11 is 6.25. The van der Waals surface area contributed by atoms with Gasteiger partial charge in [-0.15, -0.1) is 0 Å². The Morgan fingerprint density at radius 2 is 1.69 bits per heavy atom. The Morgan fingerprint density at radius 3 is 2.19 bits per heavy atom. The number of hydrogen-bond acceptors (Lipinski definition) is 3. The highest BCUT2D eigenvalue weighted by Crippen LogP contribution is 2.27. The molecule has 0 fully saturated rings. The van der Waals surface area contributed by atoms with Crippen LogP contribution < -0.4 is 15.4 Å². The molecule has 196 valence electrons. The first-order valence-corrected chi connectivity index (χ1v) is 12.7. The molecule has 0 aliphatic rings. The molecule has 7 heteroatoms. The second kappa shape index (κ2) is 15.8. The molecule has 0 radical (unpaired) electrons. The van der Waals surface area contributed by atoms with Crippen LogP contribution in [0.2, 0.25) is 5.02 Å². The van der Waals surface area contributed by atoms with Gasteiger partial charge in [-0.25, -0.2) is 4.39 Å². The van der Waals surface area contributed by atoms with Gasteiger partial charge >= 0.3 is 0 Å². The average Bonchev–Trinajstić information content (AvgIpc) is 2.88. The fourth-order valence-electron chi connectivity index (χ4n) is 3.37. The molecule has 1 atom stereocenters. The summed E-state index contributed by atoms with van der Waals surface area (Å²) in [7, 11) is 1.52. The molecule has 2 amide bonds. The summed E-state index contributed by atoms with van der Waals surface area (Å²) in [5.41, 5.74) is 2.43.